The van der Waals surface area contributed by atoms with Crippen LogP contribution in [0.4, 0.5) is 10.5 Å². The van der Waals surface area contributed by atoms with Crippen molar-refractivity contribution in [2.45, 2.75) is 32.9 Å². The molecule has 3 aromatic carbocycles. The Hall–Kier alpha value is -5.51. The molecule has 3 N–H and O–H groups in total. The van der Waals surface area contributed by atoms with Crippen molar-refractivity contribution in [1.29, 1.82) is 0 Å². The lowest BCUT2D eigenvalue weighted by Crippen LogP contribution is -2.40. The Morgan fingerprint density at radius 1 is 0.889 bits per heavy atom. The zero-order valence-electron chi connectivity index (χ0n) is 24.8. The third kappa shape index (κ3) is 5.39. The van der Waals surface area contributed by atoms with Gasteiger partial charge in [-0.3, -0.25) is 9.59 Å². The molecule has 0 aliphatic carbocycles. The lowest BCUT2D eigenvalue weighted by molar-refractivity contribution is -0.143. The van der Waals surface area contributed by atoms with Gasteiger partial charge in [0.2, 0.25) is 0 Å². The summed E-state index contributed by atoms with van der Waals surface area (Å²) in [7, 11) is 0. The molecule has 0 radical (unpaired) electrons. The van der Waals surface area contributed by atoms with E-state index in [9.17, 15) is 19.5 Å². The first kappa shape index (κ1) is 28.3. The average Bonchev–Trinajstić information content (AvgIpc) is 3.71. The molecule has 0 bridgehead atoms. The number of anilines is 1. The Balaban J connectivity index is 1.10. The van der Waals surface area contributed by atoms with Crippen LogP contribution in [-0.4, -0.2) is 60.9 Å². The topological polar surface area (TPSA) is 132 Å². The number of likely N-dealkylation sites (tertiary alicyclic amines) is 1. The van der Waals surface area contributed by atoms with E-state index in [1.165, 1.54) is 17.5 Å². The Morgan fingerprint density at radius 3 is 2.29 bits per heavy atom. The number of aliphatic carboxylic acids is 1. The molecular weight excluding hydrogens is 568 g/mol. The second-order valence-electron chi connectivity index (χ2n) is 11.7. The third-order valence-electron chi connectivity index (χ3n) is 8.96. The summed E-state index contributed by atoms with van der Waals surface area (Å²) in [6.45, 7) is 4.03. The van der Waals surface area contributed by atoms with Gasteiger partial charge in [0.25, 0.3) is 5.91 Å². The van der Waals surface area contributed by atoms with E-state index in [2.05, 4.69) is 32.4 Å². The SMILES string of the molecule is Cc1c(NC(=O)N2Cc3ccccc3C2)cccc1-c1ncnc2[nH]c(-c3ccc(C(=O)N4CCC(C(=O)O)CC4)cc3)cc12. The Kier molecular flexibility index (Phi) is 7.25. The van der Waals surface area contributed by atoms with Crippen molar-refractivity contribution in [1.82, 2.24) is 24.8 Å². The predicted octanol–water partition coefficient (Wildman–Crippen LogP) is 6.08. The number of rotatable bonds is 5. The van der Waals surface area contributed by atoms with Gasteiger partial charge in [0.05, 0.1) is 11.6 Å². The minimum atomic E-state index is -0.795. The van der Waals surface area contributed by atoms with Crippen LogP contribution >= 0.6 is 0 Å². The minimum absolute atomic E-state index is 0.0908. The Morgan fingerprint density at radius 2 is 1.60 bits per heavy atom. The quantitative estimate of drug-likeness (QED) is 0.224. The van der Waals surface area contributed by atoms with Crippen molar-refractivity contribution in [3.05, 3.63) is 101 Å². The van der Waals surface area contributed by atoms with Gasteiger partial charge in [0.15, 0.2) is 0 Å². The highest BCUT2D eigenvalue weighted by Gasteiger charge is 2.28. The first-order chi connectivity index (χ1) is 21.9. The second-order valence-corrected chi connectivity index (χ2v) is 11.7. The molecule has 1 fully saturated rings. The summed E-state index contributed by atoms with van der Waals surface area (Å²) in [5.74, 6) is -1.27. The molecule has 0 atom stereocenters. The standard InChI is InChI=1S/C35H32N6O4/c1-21-27(7-4-8-29(21)39-35(45)41-18-25-5-2-3-6-26(25)19-41)31-28-17-30(38-32(28)37-20-36-31)22-9-11-23(12-10-22)33(42)40-15-13-24(14-16-40)34(43)44/h2-12,17,20,24H,13-16,18-19H2,1H3,(H,39,45)(H,43,44)(H,36,37,38). The molecular formula is C35H32N6O4. The molecule has 7 rings (SSSR count). The van der Waals surface area contributed by atoms with Crippen LogP contribution in [0.15, 0.2) is 79.1 Å². The summed E-state index contributed by atoms with van der Waals surface area (Å²) in [4.78, 5) is 53.5. The number of carbonyl (C=O) groups excluding carboxylic acids is 2. The highest BCUT2D eigenvalue weighted by atomic mass is 16.4. The molecule has 5 aromatic rings. The van der Waals surface area contributed by atoms with Crippen molar-refractivity contribution in [3.63, 3.8) is 0 Å². The van der Waals surface area contributed by atoms with Crippen molar-refractivity contribution in [3.8, 4) is 22.5 Å². The molecule has 3 amide bonds. The molecule has 10 nitrogen and oxygen atoms in total. The van der Waals surface area contributed by atoms with Crippen LogP contribution in [-0.2, 0) is 17.9 Å². The normalized spacial score (nSPS) is 14.9. The first-order valence-electron chi connectivity index (χ1n) is 15.0. The lowest BCUT2D eigenvalue weighted by Gasteiger charge is -2.30. The van der Waals surface area contributed by atoms with Crippen LogP contribution in [0.5, 0.6) is 0 Å². The fourth-order valence-corrected chi connectivity index (χ4v) is 6.31. The molecule has 1 saturated heterocycles. The maximum atomic E-state index is 13.2. The average molecular weight is 601 g/mol. The van der Waals surface area contributed by atoms with Crippen LogP contribution < -0.4 is 5.32 Å². The summed E-state index contributed by atoms with van der Waals surface area (Å²) >= 11 is 0. The van der Waals surface area contributed by atoms with Gasteiger partial charge >= 0.3 is 12.0 Å². The largest absolute Gasteiger partial charge is 0.481 e. The maximum Gasteiger partial charge on any atom is 0.322 e. The molecule has 2 aliphatic rings. The number of aromatic nitrogens is 3. The van der Waals surface area contributed by atoms with Crippen LogP contribution in [0, 0.1) is 12.8 Å². The lowest BCUT2D eigenvalue weighted by atomic mass is 9.96. The number of hydrogen-bond donors (Lipinski definition) is 3. The maximum absolute atomic E-state index is 13.2. The number of H-pyrrole nitrogens is 1. The minimum Gasteiger partial charge on any atom is -0.481 e. The summed E-state index contributed by atoms with van der Waals surface area (Å²) in [5, 5.41) is 13.2. The number of carboxylic acids is 1. The van der Waals surface area contributed by atoms with E-state index in [0.29, 0.717) is 50.2 Å². The van der Waals surface area contributed by atoms with Crippen LogP contribution in [0.25, 0.3) is 33.5 Å². The molecule has 10 heteroatoms. The highest BCUT2D eigenvalue weighted by Crippen LogP contribution is 2.34. The van der Waals surface area contributed by atoms with E-state index in [4.69, 9.17) is 0 Å². The summed E-state index contributed by atoms with van der Waals surface area (Å²) in [6, 6.07) is 23.2. The number of carbonyl (C=O) groups is 3. The number of hydrogen-bond acceptors (Lipinski definition) is 5. The number of nitrogens with one attached hydrogen (secondary N) is 2. The number of fused-ring (bicyclic) bond motifs is 2. The zero-order valence-corrected chi connectivity index (χ0v) is 24.8. The number of carboxylic acid groups (broad SMARTS) is 1. The van der Waals surface area contributed by atoms with E-state index in [1.807, 2.05) is 55.5 Å². The number of nitrogens with zero attached hydrogens (tertiary/aromatic N) is 4. The molecule has 2 aliphatic heterocycles. The van der Waals surface area contributed by atoms with Crippen molar-refractivity contribution in [2.24, 2.45) is 5.92 Å². The van der Waals surface area contributed by atoms with E-state index in [1.54, 1.807) is 21.9 Å². The number of piperidine rings is 1. The van der Waals surface area contributed by atoms with Gasteiger partial charge in [-0.15, -0.1) is 0 Å². The fraction of sp³-hybridized carbons (Fsp3) is 0.229. The molecule has 226 valence electrons. The van der Waals surface area contributed by atoms with Crippen molar-refractivity contribution < 1.29 is 19.5 Å². The summed E-state index contributed by atoms with van der Waals surface area (Å²) in [5.41, 5.74) is 8.59. The zero-order chi connectivity index (χ0) is 31.1. The molecule has 45 heavy (non-hydrogen) atoms. The van der Waals surface area contributed by atoms with E-state index in [-0.39, 0.29) is 17.9 Å². The summed E-state index contributed by atoms with van der Waals surface area (Å²) in [6.07, 6.45) is 2.47. The van der Waals surface area contributed by atoms with Gasteiger partial charge < -0.3 is 25.2 Å². The Bertz CT molecular complexity index is 1920. The summed E-state index contributed by atoms with van der Waals surface area (Å²) < 4.78 is 0. The monoisotopic (exact) mass is 600 g/mol. The number of amides is 3. The van der Waals surface area contributed by atoms with Gasteiger partial charge in [-0.1, -0.05) is 48.5 Å². The molecule has 0 unspecified atom stereocenters. The van der Waals surface area contributed by atoms with E-state index in [0.717, 1.165) is 39.2 Å². The molecule has 2 aromatic heterocycles. The third-order valence-corrected chi connectivity index (χ3v) is 8.96. The molecule has 0 spiro atoms. The second kappa shape index (κ2) is 11.5. The number of aromatic amines is 1. The highest BCUT2D eigenvalue weighted by molar-refractivity contribution is 5.98. The fourth-order valence-electron chi connectivity index (χ4n) is 6.31. The van der Waals surface area contributed by atoms with Gasteiger partial charge in [0, 0.05) is 54.1 Å². The van der Waals surface area contributed by atoms with Crippen molar-refractivity contribution >= 4 is 34.6 Å². The van der Waals surface area contributed by atoms with Gasteiger partial charge in [0.1, 0.15) is 12.0 Å². The van der Waals surface area contributed by atoms with Crippen LogP contribution in [0.2, 0.25) is 0 Å². The number of urea groups is 1. The van der Waals surface area contributed by atoms with Gasteiger partial charge in [-0.25, -0.2) is 14.8 Å². The van der Waals surface area contributed by atoms with Gasteiger partial charge in [-0.2, -0.15) is 0 Å². The predicted molar refractivity (Wildman–Crippen MR) is 170 cm³/mol. The van der Waals surface area contributed by atoms with Gasteiger partial charge in [-0.05, 0) is 66.3 Å². The molecule has 4 heterocycles. The Labute approximate surface area is 259 Å². The van der Waals surface area contributed by atoms with Crippen LogP contribution in [0.3, 0.4) is 0 Å². The number of benzene rings is 3. The smallest absolute Gasteiger partial charge is 0.322 e. The van der Waals surface area contributed by atoms with Crippen molar-refractivity contribution in [2.75, 3.05) is 18.4 Å². The van der Waals surface area contributed by atoms with Crippen LogP contribution in [0.1, 0.15) is 39.9 Å². The molecule has 0 saturated carbocycles. The van der Waals surface area contributed by atoms with E-state index < -0.39 is 5.97 Å². The first-order valence-corrected chi connectivity index (χ1v) is 15.0. The van der Waals surface area contributed by atoms with E-state index >= 15 is 0 Å².